The number of nitrogens with one attached hydrogen (secondary N) is 1. The van der Waals surface area contributed by atoms with Gasteiger partial charge in [0, 0.05) is 24.2 Å². The van der Waals surface area contributed by atoms with E-state index in [2.05, 4.69) is 5.32 Å². The van der Waals surface area contributed by atoms with Crippen LogP contribution in [0.3, 0.4) is 0 Å². The van der Waals surface area contributed by atoms with Gasteiger partial charge < -0.3 is 10.1 Å². The summed E-state index contributed by atoms with van der Waals surface area (Å²) in [6.45, 7) is 0.139. The quantitative estimate of drug-likeness (QED) is 0.350. The van der Waals surface area contributed by atoms with Gasteiger partial charge in [0.05, 0.1) is 11.1 Å². The van der Waals surface area contributed by atoms with E-state index in [1.807, 2.05) is 18.2 Å². The zero-order valence-electron chi connectivity index (χ0n) is 17.1. The van der Waals surface area contributed by atoms with E-state index in [1.165, 1.54) is 0 Å². The molecule has 0 spiro atoms. The fourth-order valence-corrected chi connectivity index (χ4v) is 3.41. The Morgan fingerprint density at radius 1 is 0.781 bits per heavy atom. The number of anilines is 1. The molecule has 0 aliphatic carbocycles. The third-order valence-corrected chi connectivity index (χ3v) is 5.02. The zero-order chi connectivity index (χ0) is 22.5. The van der Waals surface area contributed by atoms with Gasteiger partial charge in [-0.1, -0.05) is 30.3 Å². The Bertz CT molecular complexity index is 1140. The molecular formula is C25H20N2O5. The number of hydrogen-bond donors (Lipinski definition) is 1. The predicted molar refractivity (Wildman–Crippen MR) is 118 cm³/mol. The molecule has 0 aromatic heterocycles. The van der Waals surface area contributed by atoms with E-state index in [0.717, 1.165) is 4.90 Å². The van der Waals surface area contributed by atoms with Gasteiger partial charge in [-0.3, -0.25) is 24.1 Å². The molecule has 3 aromatic rings. The van der Waals surface area contributed by atoms with E-state index < -0.39 is 5.97 Å². The van der Waals surface area contributed by atoms with Crippen molar-refractivity contribution in [2.75, 3.05) is 11.9 Å². The highest BCUT2D eigenvalue weighted by Gasteiger charge is 2.34. The molecule has 0 unspecified atom stereocenters. The molecule has 7 nitrogen and oxygen atoms in total. The number of esters is 1. The first kappa shape index (κ1) is 21.0. The topological polar surface area (TPSA) is 92.8 Å². The molecule has 0 bridgehead atoms. The molecule has 0 atom stereocenters. The lowest BCUT2D eigenvalue weighted by Gasteiger charge is -2.13. The maximum absolute atomic E-state index is 12.3. The average Bonchev–Trinajstić information content (AvgIpc) is 3.05. The fourth-order valence-electron chi connectivity index (χ4n) is 3.41. The van der Waals surface area contributed by atoms with Crippen molar-refractivity contribution in [3.8, 4) is 5.75 Å². The number of benzene rings is 3. The molecule has 160 valence electrons. The van der Waals surface area contributed by atoms with Crippen LogP contribution < -0.4 is 10.1 Å². The number of amides is 3. The predicted octanol–water partition coefficient (Wildman–Crippen LogP) is 3.92. The molecule has 1 heterocycles. The van der Waals surface area contributed by atoms with Crippen LogP contribution in [0.5, 0.6) is 5.75 Å². The summed E-state index contributed by atoms with van der Waals surface area (Å²) in [7, 11) is 0. The summed E-state index contributed by atoms with van der Waals surface area (Å²) in [5.41, 5.74) is 1.89. The van der Waals surface area contributed by atoms with E-state index in [0.29, 0.717) is 34.5 Å². The van der Waals surface area contributed by atoms with Crippen LogP contribution in [-0.2, 0) is 4.79 Å². The summed E-state index contributed by atoms with van der Waals surface area (Å²) < 4.78 is 5.29. The normalized spacial score (nSPS) is 12.4. The van der Waals surface area contributed by atoms with Crippen molar-refractivity contribution >= 4 is 29.4 Å². The van der Waals surface area contributed by atoms with Crippen molar-refractivity contribution in [1.29, 1.82) is 0 Å². The van der Waals surface area contributed by atoms with Gasteiger partial charge in [0.15, 0.2) is 0 Å². The van der Waals surface area contributed by atoms with Crippen molar-refractivity contribution in [1.82, 2.24) is 4.90 Å². The summed E-state index contributed by atoms with van der Waals surface area (Å²) >= 11 is 0. The Kier molecular flexibility index (Phi) is 6.07. The van der Waals surface area contributed by atoms with E-state index in [9.17, 15) is 19.2 Å². The third kappa shape index (κ3) is 4.57. The van der Waals surface area contributed by atoms with Crippen molar-refractivity contribution in [2.45, 2.75) is 12.8 Å². The lowest BCUT2D eigenvalue weighted by atomic mass is 10.1. The van der Waals surface area contributed by atoms with Gasteiger partial charge in [-0.05, 0) is 55.0 Å². The highest BCUT2D eigenvalue weighted by Crippen LogP contribution is 2.23. The van der Waals surface area contributed by atoms with E-state index in [4.69, 9.17) is 4.74 Å². The van der Waals surface area contributed by atoms with Gasteiger partial charge in [-0.25, -0.2) is 0 Å². The van der Waals surface area contributed by atoms with Gasteiger partial charge in [0.1, 0.15) is 5.75 Å². The number of fused-ring (bicyclic) bond motifs is 1. The lowest BCUT2D eigenvalue weighted by molar-refractivity contribution is -0.134. The largest absolute Gasteiger partial charge is 0.427 e. The minimum absolute atomic E-state index is 0.0453. The second kappa shape index (κ2) is 9.26. The van der Waals surface area contributed by atoms with Gasteiger partial charge in [-0.15, -0.1) is 0 Å². The molecule has 0 radical (unpaired) electrons. The summed E-state index contributed by atoms with van der Waals surface area (Å²) in [5.74, 6) is -1.13. The SMILES string of the molecule is O=C(CCCN1C(=O)c2ccccc2C1=O)Oc1ccc(C(=O)Nc2ccccc2)cc1. The maximum Gasteiger partial charge on any atom is 0.311 e. The van der Waals surface area contributed by atoms with Crippen LogP contribution in [0.25, 0.3) is 0 Å². The zero-order valence-corrected chi connectivity index (χ0v) is 17.1. The molecule has 1 N–H and O–H groups in total. The van der Waals surface area contributed by atoms with Crippen molar-refractivity contribution in [2.24, 2.45) is 0 Å². The smallest absolute Gasteiger partial charge is 0.311 e. The molecule has 1 aliphatic rings. The number of para-hydroxylation sites is 1. The Morgan fingerprint density at radius 3 is 2.00 bits per heavy atom. The van der Waals surface area contributed by atoms with Crippen LogP contribution in [0.2, 0.25) is 0 Å². The Hall–Kier alpha value is -4.26. The summed E-state index contributed by atoms with van der Waals surface area (Å²) in [6.07, 6.45) is 0.339. The Labute approximate surface area is 184 Å². The minimum atomic E-state index is -0.483. The van der Waals surface area contributed by atoms with Crippen molar-refractivity contribution in [3.05, 3.63) is 95.6 Å². The lowest BCUT2D eigenvalue weighted by Crippen LogP contribution is -2.31. The molecule has 3 amide bonds. The van der Waals surface area contributed by atoms with E-state index >= 15 is 0 Å². The molecule has 1 aliphatic heterocycles. The molecule has 32 heavy (non-hydrogen) atoms. The highest BCUT2D eigenvalue weighted by atomic mass is 16.5. The van der Waals surface area contributed by atoms with Crippen LogP contribution in [0.15, 0.2) is 78.9 Å². The first-order chi connectivity index (χ1) is 15.5. The van der Waals surface area contributed by atoms with E-state index in [1.54, 1.807) is 60.7 Å². The molecule has 7 heteroatoms. The maximum atomic E-state index is 12.3. The number of carbonyl (C=O) groups excluding carboxylic acids is 4. The third-order valence-electron chi connectivity index (χ3n) is 5.02. The fraction of sp³-hybridized carbons (Fsp3) is 0.120. The molecule has 0 fully saturated rings. The first-order valence-electron chi connectivity index (χ1n) is 10.2. The minimum Gasteiger partial charge on any atom is -0.427 e. The van der Waals surface area contributed by atoms with Crippen molar-refractivity contribution in [3.63, 3.8) is 0 Å². The van der Waals surface area contributed by atoms with Crippen LogP contribution in [0.4, 0.5) is 5.69 Å². The molecule has 0 saturated heterocycles. The van der Waals surface area contributed by atoms with Gasteiger partial charge in [-0.2, -0.15) is 0 Å². The summed E-state index contributed by atoms with van der Waals surface area (Å²) in [5, 5.41) is 2.78. The van der Waals surface area contributed by atoms with Crippen LogP contribution in [0, 0.1) is 0 Å². The average molecular weight is 428 g/mol. The highest BCUT2D eigenvalue weighted by molar-refractivity contribution is 6.21. The molecule has 4 rings (SSSR count). The summed E-state index contributed by atoms with van der Waals surface area (Å²) in [4.78, 5) is 50.2. The van der Waals surface area contributed by atoms with Crippen LogP contribution in [-0.4, -0.2) is 35.1 Å². The molecule has 3 aromatic carbocycles. The number of carbonyl (C=O) groups is 4. The Morgan fingerprint density at radius 2 is 1.38 bits per heavy atom. The van der Waals surface area contributed by atoms with E-state index in [-0.39, 0.29) is 30.7 Å². The van der Waals surface area contributed by atoms with Crippen molar-refractivity contribution < 1.29 is 23.9 Å². The van der Waals surface area contributed by atoms with Gasteiger partial charge in [0.25, 0.3) is 17.7 Å². The number of rotatable bonds is 7. The molecule has 0 saturated carbocycles. The van der Waals surface area contributed by atoms with Crippen LogP contribution in [0.1, 0.15) is 43.9 Å². The summed E-state index contributed by atoms with van der Waals surface area (Å²) in [6, 6.07) is 22.0. The second-order valence-electron chi connectivity index (χ2n) is 7.23. The standard InChI is InChI=1S/C25H20N2O5/c28-22(11-6-16-27-24(30)20-9-4-5-10-21(20)25(27)31)32-19-14-12-17(13-15-19)23(29)26-18-7-2-1-3-8-18/h1-5,7-10,12-15H,6,11,16H2,(H,26,29). The number of ether oxygens (including phenoxy) is 1. The first-order valence-corrected chi connectivity index (χ1v) is 10.2. The number of nitrogens with zero attached hydrogens (tertiary/aromatic N) is 1. The number of imide groups is 1. The van der Waals surface area contributed by atoms with Crippen LogP contribution >= 0.6 is 0 Å². The number of hydrogen-bond acceptors (Lipinski definition) is 5. The van der Waals surface area contributed by atoms with Gasteiger partial charge in [0.2, 0.25) is 0 Å². The van der Waals surface area contributed by atoms with Gasteiger partial charge >= 0.3 is 5.97 Å². The monoisotopic (exact) mass is 428 g/mol. The Balaban J connectivity index is 1.25. The second-order valence-corrected chi connectivity index (χ2v) is 7.23. The molecular weight excluding hydrogens is 408 g/mol.